The van der Waals surface area contributed by atoms with E-state index in [1.807, 2.05) is 61.2 Å². The zero-order valence-corrected chi connectivity index (χ0v) is 18.8. The predicted molar refractivity (Wildman–Crippen MR) is 125 cm³/mol. The summed E-state index contributed by atoms with van der Waals surface area (Å²) in [6.45, 7) is 3.96. The molecule has 0 aliphatic heterocycles. The number of hydrogen-bond acceptors (Lipinski definition) is 3. The fraction of sp³-hybridized carbons (Fsp3) is 0.300. The van der Waals surface area contributed by atoms with Gasteiger partial charge in [0.1, 0.15) is 0 Å². The molecule has 7 heteroatoms. The summed E-state index contributed by atoms with van der Waals surface area (Å²) in [5, 5.41) is 9.40. The molecule has 0 fully saturated rings. The molecule has 0 aliphatic rings. The molecule has 0 radical (unpaired) electrons. The fourth-order valence-corrected chi connectivity index (χ4v) is 3.14. The Morgan fingerprint density at radius 2 is 1.81 bits per heavy atom. The largest absolute Gasteiger partial charge is 0.356 e. The van der Waals surface area contributed by atoms with Gasteiger partial charge in [0.25, 0.3) is 5.91 Å². The summed E-state index contributed by atoms with van der Waals surface area (Å²) in [4.78, 5) is 17.4. The maximum atomic E-state index is 11.9. The molecule has 2 aromatic rings. The van der Waals surface area contributed by atoms with Crippen molar-refractivity contribution in [3.8, 4) is 0 Å². The first kappa shape index (κ1) is 23.3. The highest BCUT2D eigenvalue weighted by atomic mass is 127. The van der Waals surface area contributed by atoms with Crippen molar-refractivity contribution in [2.24, 2.45) is 4.99 Å². The zero-order valence-electron chi connectivity index (χ0n) is 15.7. The summed E-state index contributed by atoms with van der Waals surface area (Å²) >= 11 is 1.81. The Hall–Kier alpha value is -1.74. The average molecular weight is 498 g/mol. The van der Waals surface area contributed by atoms with Gasteiger partial charge in [-0.15, -0.1) is 35.7 Å². The zero-order chi connectivity index (χ0) is 18.6. The van der Waals surface area contributed by atoms with Crippen LogP contribution in [0.5, 0.6) is 0 Å². The Balaban J connectivity index is 0.00000364. The van der Waals surface area contributed by atoms with Crippen molar-refractivity contribution >= 4 is 47.6 Å². The van der Waals surface area contributed by atoms with Crippen LogP contribution in [0, 0.1) is 0 Å². The van der Waals surface area contributed by atoms with Crippen LogP contribution in [0.3, 0.4) is 0 Å². The molecule has 2 rings (SSSR count). The fourth-order valence-electron chi connectivity index (χ4n) is 2.35. The maximum Gasteiger partial charge on any atom is 0.251 e. The molecule has 0 saturated carbocycles. The van der Waals surface area contributed by atoms with E-state index in [1.54, 1.807) is 7.05 Å². The molecule has 5 nitrogen and oxygen atoms in total. The van der Waals surface area contributed by atoms with E-state index in [4.69, 9.17) is 0 Å². The van der Waals surface area contributed by atoms with Crippen LogP contribution in [0.25, 0.3) is 0 Å². The van der Waals surface area contributed by atoms with Crippen LogP contribution in [0.4, 0.5) is 0 Å². The number of halogens is 1. The molecule has 0 aliphatic carbocycles. The quantitative estimate of drug-likeness (QED) is 0.171. The van der Waals surface area contributed by atoms with Crippen LogP contribution < -0.4 is 16.0 Å². The summed E-state index contributed by atoms with van der Waals surface area (Å²) in [6.07, 6.45) is 0. The van der Waals surface area contributed by atoms with E-state index in [-0.39, 0.29) is 29.9 Å². The number of benzene rings is 2. The number of guanidine groups is 1. The molecule has 0 spiro atoms. The van der Waals surface area contributed by atoms with Crippen molar-refractivity contribution in [1.82, 2.24) is 16.0 Å². The van der Waals surface area contributed by atoms with Crippen LogP contribution in [0.15, 0.2) is 64.5 Å². The molecule has 0 unspecified atom stereocenters. The second-order valence-electron chi connectivity index (χ2n) is 5.57. The van der Waals surface area contributed by atoms with Gasteiger partial charge in [0, 0.05) is 42.9 Å². The summed E-state index contributed by atoms with van der Waals surface area (Å²) < 4.78 is 0. The number of nitrogens with zero attached hydrogens (tertiary/aromatic N) is 1. The molecule has 1 amide bonds. The minimum Gasteiger partial charge on any atom is -0.356 e. The lowest BCUT2D eigenvalue weighted by molar-refractivity contribution is 0.0955. The standard InChI is InChI=1S/C20H26N4OS.HI/c1-3-22-19(25)17-9-7-8-16(14-17)15-24-20(21-2)23-12-13-26-18-10-5-4-6-11-18;/h4-11,14H,3,12-13,15H2,1-2H3,(H,22,25)(H2,21,23,24);1H. The highest BCUT2D eigenvalue weighted by Gasteiger charge is 2.05. The van der Waals surface area contributed by atoms with Gasteiger partial charge >= 0.3 is 0 Å². The predicted octanol–water partition coefficient (Wildman–Crippen LogP) is 3.51. The van der Waals surface area contributed by atoms with Gasteiger partial charge in [-0.25, -0.2) is 0 Å². The van der Waals surface area contributed by atoms with E-state index in [1.165, 1.54) is 4.90 Å². The molecule has 0 bridgehead atoms. The minimum absolute atomic E-state index is 0. The molecule has 27 heavy (non-hydrogen) atoms. The topological polar surface area (TPSA) is 65.5 Å². The minimum atomic E-state index is -0.0465. The van der Waals surface area contributed by atoms with Gasteiger partial charge in [-0.1, -0.05) is 30.3 Å². The first-order valence-electron chi connectivity index (χ1n) is 8.72. The lowest BCUT2D eigenvalue weighted by atomic mass is 10.1. The van der Waals surface area contributed by atoms with Gasteiger partial charge in [0.15, 0.2) is 5.96 Å². The second-order valence-corrected chi connectivity index (χ2v) is 6.74. The van der Waals surface area contributed by atoms with Crippen LogP contribution >= 0.6 is 35.7 Å². The number of thioether (sulfide) groups is 1. The van der Waals surface area contributed by atoms with E-state index in [0.29, 0.717) is 18.7 Å². The normalized spacial score (nSPS) is 10.7. The van der Waals surface area contributed by atoms with Crippen LogP contribution in [0.1, 0.15) is 22.8 Å². The summed E-state index contributed by atoms with van der Waals surface area (Å²) in [5.74, 6) is 1.66. The molecule has 3 N–H and O–H groups in total. The van der Waals surface area contributed by atoms with Crippen molar-refractivity contribution < 1.29 is 4.79 Å². The number of rotatable bonds is 8. The van der Waals surface area contributed by atoms with Crippen molar-refractivity contribution in [2.75, 3.05) is 25.9 Å². The lowest BCUT2D eigenvalue weighted by Gasteiger charge is -2.12. The van der Waals surface area contributed by atoms with E-state index in [0.717, 1.165) is 23.8 Å². The van der Waals surface area contributed by atoms with Crippen LogP contribution in [-0.2, 0) is 6.54 Å². The third-order valence-corrected chi connectivity index (χ3v) is 4.63. The third kappa shape index (κ3) is 8.66. The number of carbonyl (C=O) groups is 1. The Morgan fingerprint density at radius 1 is 1.04 bits per heavy atom. The van der Waals surface area contributed by atoms with Gasteiger partial charge in [-0.05, 0) is 36.8 Å². The molecule has 2 aromatic carbocycles. The number of hydrogen-bond donors (Lipinski definition) is 3. The van der Waals surface area contributed by atoms with Gasteiger partial charge in [0.2, 0.25) is 0 Å². The van der Waals surface area contributed by atoms with Crippen molar-refractivity contribution in [1.29, 1.82) is 0 Å². The first-order chi connectivity index (χ1) is 12.7. The SMILES string of the molecule is CCNC(=O)c1cccc(CNC(=NC)NCCSc2ccccc2)c1.I. The second kappa shape index (κ2) is 13.4. The smallest absolute Gasteiger partial charge is 0.251 e. The summed E-state index contributed by atoms with van der Waals surface area (Å²) in [7, 11) is 1.75. The van der Waals surface area contributed by atoms with Crippen LogP contribution in [0.2, 0.25) is 0 Å². The molecule has 146 valence electrons. The molecule has 0 atom stereocenters. The van der Waals surface area contributed by atoms with Gasteiger partial charge in [-0.3, -0.25) is 9.79 Å². The molecular weight excluding hydrogens is 471 g/mol. The number of nitrogens with one attached hydrogen (secondary N) is 3. The number of carbonyl (C=O) groups excluding carboxylic acids is 1. The highest BCUT2D eigenvalue weighted by molar-refractivity contribution is 14.0. The highest BCUT2D eigenvalue weighted by Crippen LogP contribution is 2.15. The summed E-state index contributed by atoms with van der Waals surface area (Å²) in [6, 6.07) is 17.9. The van der Waals surface area contributed by atoms with Gasteiger partial charge in [0.05, 0.1) is 0 Å². The molecule has 0 saturated heterocycles. The Bertz CT molecular complexity index is 725. The number of amides is 1. The van der Waals surface area contributed by atoms with E-state index in [2.05, 4.69) is 33.1 Å². The Kier molecular flexibility index (Phi) is 11.6. The summed E-state index contributed by atoms with van der Waals surface area (Å²) in [5.41, 5.74) is 1.71. The van der Waals surface area contributed by atoms with Crippen LogP contribution in [-0.4, -0.2) is 37.8 Å². The van der Waals surface area contributed by atoms with E-state index < -0.39 is 0 Å². The van der Waals surface area contributed by atoms with Gasteiger partial charge in [-0.2, -0.15) is 0 Å². The molecular formula is C20H27IN4OS. The monoisotopic (exact) mass is 498 g/mol. The Morgan fingerprint density at radius 3 is 2.52 bits per heavy atom. The molecule has 0 aromatic heterocycles. The Labute approximate surface area is 182 Å². The van der Waals surface area contributed by atoms with E-state index >= 15 is 0 Å². The first-order valence-corrected chi connectivity index (χ1v) is 9.71. The van der Waals surface area contributed by atoms with E-state index in [9.17, 15) is 4.79 Å². The van der Waals surface area contributed by atoms with Crippen molar-refractivity contribution in [3.05, 3.63) is 65.7 Å². The van der Waals surface area contributed by atoms with Crippen molar-refractivity contribution in [3.63, 3.8) is 0 Å². The maximum absolute atomic E-state index is 11.9. The van der Waals surface area contributed by atoms with Gasteiger partial charge < -0.3 is 16.0 Å². The van der Waals surface area contributed by atoms with Crippen molar-refractivity contribution in [2.45, 2.75) is 18.4 Å². The third-order valence-electron chi connectivity index (χ3n) is 3.62. The average Bonchev–Trinajstić information content (AvgIpc) is 2.68. The number of aliphatic imine (C=N–C) groups is 1. The lowest BCUT2D eigenvalue weighted by Crippen LogP contribution is -2.38. The molecule has 0 heterocycles.